The van der Waals surface area contributed by atoms with Gasteiger partial charge in [0.1, 0.15) is 0 Å². The van der Waals surface area contributed by atoms with E-state index in [4.69, 9.17) is 0 Å². The van der Waals surface area contributed by atoms with Crippen LogP contribution in [0, 0.1) is 13.8 Å². The van der Waals surface area contributed by atoms with Gasteiger partial charge in [-0.1, -0.05) is 30.0 Å². The molecule has 0 fully saturated rings. The van der Waals surface area contributed by atoms with Crippen LogP contribution in [-0.4, -0.2) is 37.3 Å². The van der Waals surface area contributed by atoms with Gasteiger partial charge >= 0.3 is 0 Å². The minimum atomic E-state index is -0.324. The summed E-state index contributed by atoms with van der Waals surface area (Å²) in [6.45, 7) is 8.36. The molecule has 0 radical (unpaired) electrons. The van der Waals surface area contributed by atoms with E-state index in [1.807, 2.05) is 50.5 Å². The van der Waals surface area contributed by atoms with Gasteiger partial charge in [-0.25, -0.2) is 4.98 Å². The van der Waals surface area contributed by atoms with Gasteiger partial charge in [-0.15, -0.1) is 21.5 Å². The summed E-state index contributed by atoms with van der Waals surface area (Å²) in [7, 11) is 0. The molecule has 0 aliphatic heterocycles. The molecule has 3 rings (SSSR count). The largest absolute Gasteiger partial charge is 0.342 e. The zero-order chi connectivity index (χ0) is 21.7. The van der Waals surface area contributed by atoms with Crippen LogP contribution in [0.4, 0.5) is 5.13 Å². The molecular formula is C20H24N6O2S2. The fourth-order valence-corrected chi connectivity index (χ4v) is 4.41. The van der Waals surface area contributed by atoms with E-state index in [0.717, 1.165) is 10.6 Å². The predicted molar refractivity (Wildman–Crippen MR) is 119 cm³/mol. The lowest BCUT2D eigenvalue weighted by Gasteiger charge is -2.15. The summed E-state index contributed by atoms with van der Waals surface area (Å²) >= 11 is 2.76. The number of nitrogens with one attached hydrogen (secondary N) is 2. The molecule has 0 aliphatic carbocycles. The monoisotopic (exact) mass is 444 g/mol. The average Bonchev–Trinajstić information content (AvgIpc) is 3.29. The molecule has 1 unspecified atom stereocenters. The topological polar surface area (TPSA) is 102 Å². The summed E-state index contributed by atoms with van der Waals surface area (Å²) in [6, 6.07) is 8.71. The highest BCUT2D eigenvalue weighted by Crippen LogP contribution is 2.23. The van der Waals surface area contributed by atoms with Crippen LogP contribution in [0.2, 0.25) is 0 Å². The first-order valence-electron chi connectivity index (χ1n) is 9.54. The minimum Gasteiger partial charge on any atom is -0.342 e. The number of aryl methyl sites for hydroxylation is 2. The molecule has 3 aromatic rings. The summed E-state index contributed by atoms with van der Waals surface area (Å²) in [5, 5.41) is 15.5. The molecule has 0 aliphatic rings. The number of thiazole rings is 1. The Morgan fingerprint density at radius 2 is 1.93 bits per heavy atom. The lowest BCUT2D eigenvalue weighted by Crippen LogP contribution is -2.28. The van der Waals surface area contributed by atoms with Crippen LogP contribution < -0.4 is 10.6 Å². The molecule has 0 spiro atoms. The van der Waals surface area contributed by atoms with Gasteiger partial charge in [0.05, 0.1) is 17.5 Å². The smallest absolute Gasteiger partial charge is 0.251 e. The Labute approximate surface area is 183 Å². The lowest BCUT2D eigenvalue weighted by atomic mass is 10.2. The van der Waals surface area contributed by atoms with Crippen LogP contribution >= 0.6 is 23.1 Å². The third kappa shape index (κ3) is 5.25. The first-order chi connectivity index (χ1) is 14.4. The maximum absolute atomic E-state index is 12.4. The van der Waals surface area contributed by atoms with Crippen molar-refractivity contribution in [2.75, 3.05) is 11.1 Å². The number of aromatic nitrogens is 4. The van der Waals surface area contributed by atoms with E-state index in [1.54, 1.807) is 12.1 Å². The van der Waals surface area contributed by atoms with E-state index in [2.05, 4.69) is 25.8 Å². The first kappa shape index (κ1) is 22.0. The Morgan fingerprint density at radius 1 is 1.20 bits per heavy atom. The highest BCUT2D eigenvalue weighted by atomic mass is 32.2. The van der Waals surface area contributed by atoms with E-state index >= 15 is 0 Å². The van der Waals surface area contributed by atoms with Crippen LogP contribution in [0.1, 0.15) is 46.6 Å². The Hall–Kier alpha value is -2.72. The Kier molecular flexibility index (Phi) is 7.22. The van der Waals surface area contributed by atoms with Crippen molar-refractivity contribution in [3.05, 3.63) is 52.3 Å². The van der Waals surface area contributed by atoms with Crippen molar-refractivity contribution in [2.45, 2.75) is 45.4 Å². The number of nitrogens with zero attached hydrogens (tertiary/aromatic N) is 4. The summed E-state index contributed by atoms with van der Waals surface area (Å²) in [5.41, 5.74) is 1.51. The molecule has 8 nitrogen and oxygen atoms in total. The zero-order valence-corrected chi connectivity index (χ0v) is 18.9. The van der Waals surface area contributed by atoms with Gasteiger partial charge in [0, 0.05) is 17.0 Å². The zero-order valence-electron chi connectivity index (χ0n) is 17.3. The van der Waals surface area contributed by atoms with Gasteiger partial charge in [0.25, 0.3) is 5.91 Å². The van der Waals surface area contributed by atoms with E-state index in [1.165, 1.54) is 23.1 Å². The van der Waals surface area contributed by atoms with Crippen LogP contribution in [0.3, 0.4) is 0 Å². The number of rotatable bonds is 8. The second kappa shape index (κ2) is 9.86. The lowest BCUT2D eigenvalue weighted by molar-refractivity contribution is -0.113. The van der Waals surface area contributed by atoms with Gasteiger partial charge in [0.15, 0.2) is 16.1 Å². The van der Waals surface area contributed by atoms with E-state index in [9.17, 15) is 9.59 Å². The fraction of sp³-hybridized carbons (Fsp3) is 0.350. The molecule has 1 aromatic carbocycles. The van der Waals surface area contributed by atoms with Crippen molar-refractivity contribution >= 4 is 40.0 Å². The van der Waals surface area contributed by atoms with Crippen LogP contribution in [0.15, 0.2) is 35.5 Å². The van der Waals surface area contributed by atoms with Gasteiger partial charge in [-0.2, -0.15) is 0 Å². The van der Waals surface area contributed by atoms with Crippen molar-refractivity contribution in [3.8, 4) is 0 Å². The first-order valence-corrected chi connectivity index (χ1v) is 11.3. The minimum absolute atomic E-state index is 0.147. The SMILES string of the molecule is CCn1c(SCC(=O)Nc2nc(C)c(C)s2)nnc1C(C)NC(=O)c1ccccc1. The van der Waals surface area contributed by atoms with Crippen molar-refractivity contribution in [2.24, 2.45) is 0 Å². The predicted octanol–water partition coefficient (Wildman–Crippen LogP) is 3.59. The van der Waals surface area contributed by atoms with Crippen LogP contribution in [0.25, 0.3) is 0 Å². The summed E-state index contributed by atoms with van der Waals surface area (Å²) in [6.07, 6.45) is 0. The molecular weight excluding hydrogens is 420 g/mol. The van der Waals surface area contributed by atoms with Crippen LogP contribution in [-0.2, 0) is 11.3 Å². The second-order valence-electron chi connectivity index (χ2n) is 6.64. The fourth-order valence-electron chi connectivity index (χ4n) is 2.77. The average molecular weight is 445 g/mol. The van der Waals surface area contributed by atoms with Gasteiger partial charge in [0.2, 0.25) is 5.91 Å². The number of carbonyl (C=O) groups is 2. The highest BCUT2D eigenvalue weighted by molar-refractivity contribution is 7.99. The molecule has 2 aromatic heterocycles. The highest BCUT2D eigenvalue weighted by Gasteiger charge is 2.20. The third-order valence-corrected chi connectivity index (χ3v) is 6.39. The molecule has 0 saturated carbocycles. The van der Waals surface area contributed by atoms with Gasteiger partial charge in [-0.3, -0.25) is 9.59 Å². The number of thioether (sulfide) groups is 1. The maximum Gasteiger partial charge on any atom is 0.251 e. The Bertz CT molecular complexity index is 1010. The van der Waals surface area contributed by atoms with Crippen molar-refractivity contribution in [1.82, 2.24) is 25.1 Å². The van der Waals surface area contributed by atoms with Crippen molar-refractivity contribution in [1.29, 1.82) is 0 Å². The van der Waals surface area contributed by atoms with Gasteiger partial charge in [-0.05, 0) is 39.8 Å². The molecule has 158 valence electrons. The van der Waals surface area contributed by atoms with Crippen molar-refractivity contribution < 1.29 is 9.59 Å². The van der Waals surface area contributed by atoms with E-state index < -0.39 is 0 Å². The molecule has 1 atom stereocenters. The molecule has 0 saturated heterocycles. The molecule has 0 bridgehead atoms. The summed E-state index contributed by atoms with van der Waals surface area (Å²) in [4.78, 5) is 30.1. The number of hydrogen-bond donors (Lipinski definition) is 2. The molecule has 30 heavy (non-hydrogen) atoms. The second-order valence-corrected chi connectivity index (χ2v) is 8.79. The third-order valence-electron chi connectivity index (χ3n) is 4.44. The normalized spacial score (nSPS) is 11.9. The summed E-state index contributed by atoms with van der Waals surface area (Å²) in [5.74, 6) is 0.527. The molecule has 10 heteroatoms. The standard InChI is InChI=1S/C20H24N6O2S2/c1-5-26-17(13(3)21-18(28)15-9-7-6-8-10-15)24-25-20(26)29-11-16(27)23-19-22-12(2)14(4)30-19/h6-10,13H,5,11H2,1-4H3,(H,21,28)(H,22,23,27). The molecule has 2 N–H and O–H groups in total. The summed E-state index contributed by atoms with van der Waals surface area (Å²) < 4.78 is 1.91. The quantitative estimate of drug-likeness (QED) is 0.515. The Balaban J connectivity index is 1.61. The van der Waals surface area contributed by atoms with E-state index in [-0.39, 0.29) is 23.6 Å². The number of anilines is 1. The number of carbonyl (C=O) groups excluding carboxylic acids is 2. The maximum atomic E-state index is 12.4. The van der Waals surface area contributed by atoms with Crippen LogP contribution in [0.5, 0.6) is 0 Å². The number of benzene rings is 1. The molecule has 2 amide bonds. The number of amides is 2. The van der Waals surface area contributed by atoms with Gasteiger partial charge < -0.3 is 15.2 Å². The molecule has 2 heterocycles. The van der Waals surface area contributed by atoms with Crippen molar-refractivity contribution in [3.63, 3.8) is 0 Å². The Morgan fingerprint density at radius 3 is 2.57 bits per heavy atom. The number of hydrogen-bond acceptors (Lipinski definition) is 7. The van der Waals surface area contributed by atoms with E-state index in [0.29, 0.717) is 28.2 Å².